The maximum absolute atomic E-state index is 11.1. The zero-order chi connectivity index (χ0) is 26.4. The topological polar surface area (TPSA) is 199 Å². The number of aliphatic hydroxyl groups excluding tert-OH is 2. The number of aliphatic hydroxyl groups is 3. The lowest BCUT2D eigenvalue weighted by Gasteiger charge is -2.20. The predicted octanol–water partition coefficient (Wildman–Crippen LogP) is 2.34. The molecule has 0 radical (unpaired) electrons. The molecule has 0 saturated carbocycles. The van der Waals surface area contributed by atoms with E-state index in [1.54, 1.807) is 0 Å². The first kappa shape index (κ1) is 33.9. The number of carbonyl (C=O) groups excluding carboxylic acids is 1. The van der Waals surface area contributed by atoms with Crippen molar-refractivity contribution < 1.29 is 54.6 Å². The van der Waals surface area contributed by atoms with Crippen molar-refractivity contribution in [1.29, 1.82) is 0 Å². The van der Waals surface area contributed by atoms with Gasteiger partial charge in [-0.2, -0.15) is 0 Å². The smallest absolute Gasteiger partial charge is 0.336 e. The van der Waals surface area contributed by atoms with Crippen LogP contribution in [0.5, 0.6) is 0 Å². The van der Waals surface area contributed by atoms with Crippen molar-refractivity contribution in [1.82, 2.24) is 0 Å². The van der Waals surface area contributed by atoms with Gasteiger partial charge in [0.25, 0.3) is 0 Å². The average Bonchev–Trinajstić information content (AvgIpc) is 2.75. The van der Waals surface area contributed by atoms with E-state index in [4.69, 9.17) is 25.5 Å². The van der Waals surface area contributed by atoms with E-state index in [0.29, 0.717) is 6.42 Å². The number of unbranched alkanes of at least 4 members (excludes halogenated alkanes) is 10. The molecule has 11 heteroatoms. The van der Waals surface area contributed by atoms with E-state index in [0.717, 1.165) is 12.8 Å². The highest BCUT2D eigenvalue weighted by molar-refractivity contribution is 5.88. The van der Waals surface area contributed by atoms with Crippen LogP contribution >= 0.6 is 0 Å². The molecule has 34 heavy (non-hydrogen) atoms. The van der Waals surface area contributed by atoms with Crippen LogP contribution in [0.3, 0.4) is 0 Å². The van der Waals surface area contributed by atoms with Crippen LogP contribution in [0.1, 0.15) is 96.8 Å². The molecular formula is C23H42O11. The van der Waals surface area contributed by atoms with Crippen molar-refractivity contribution in [2.24, 2.45) is 0 Å². The number of carboxylic acid groups (broad SMARTS) is 3. The Morgan fingerprint density at radius 2 is 1.24 bits per heavy atom. The molecule has 200 valence electrons. The van der Waals surface area contributed by atoms with Crippen LogP contribution in [0.25, 0.3) is 0 Å². The molecule has 11 nitrogen and oxygen atoms in total. The summed E-state index contributed by atoms with van der Waals surface area (Å²) in [5.41, 5.74) is -2.77. The van der Waals surface area contributed by atoms with Crippen molar-refractivity contribution in [3.05, 3.63) is 0 Å². The first-order valence-electron chi connectivity index (χ1n) is 11.8. The predicted molar refractivity (Wildman–Crippen MR) is 122 cm³/mol. The third-order valence-corrected chi connectivity index (χ3v) is 4.92. The Morgan fingerprint density at radius 3 is 1.62 bits per heavy atom. The fraction of sp³-hybridized carbons (Fsp3) is 0.826. The van der Waals surface area contributed by atoms with E-state index in [9.17, 15) is 24.3 Å². The monoisotopic (exact) mass is 494 g/mol. The Kier molecular flexibility index (Phi) is 21.3. The fourth-order valence-electron chi connectivity index (χ4n) is 2.94. The second-order valence-electron chi connectivity index (χ2n) is 8.28. The summed E-state index contributed by atoms with van der Waals surface area (Å²) in [5, 5.41) is 52.3. The van der Waals surface area contributed by atoms with Crippen LogP contribution in [0.2, 0.25) is 0 Å². The molecule has 0 aliphatic carbocycles. The lowest BCUT2D eigenvalue weighted by molar-refractivity contribution is -0.172. The maximum Gasteiger partial charge on any atom is 0.336 e. The van der Waals surface area contributed by atoms with E-state index in [-0.39, 0.29) is 0 Å². The zero-order valence-corrected chi connectivity index (χ0v) is 20.1. The standard InChI is InChI=1S/C14H28O2.C9H14O9/c1-2-3-4-5-6-7-8-9-10-11-12-13-14(15)16;10-3-5(11)4-18-7(14)2-9(17,8(15)16)1-6(12)13/h2-13H2,1H3,(H,15,16);5,10-11,17H,1-4H2,(H,12,13)(H,15,16). The quantitative estimate of drug-likeness (QED) is 0.107. The SMILES string of the molecule is CCCCCCCCCCCCCC(=O)O.O=C(O)CC(O)(CC(=O)OCC(O)CO)C(=O)O. The molecule has 0 fully saturated rings. The number of hydrogen-bond acceptors (Lipinski definition) is 8. The molecule has 0 spiro atoms. The van der Waals surface area contributed by atoms with Gasteiger partial charge >= 0.3 is 23.9 Å². The number of hydrogen-bond donors (Lipinski definition) is 6. The molecule has 0 rings (SSSR count). The Hall–Kier alpha value is -2.24. The van der Waals surface area contributed by atoms with Gasteiger partial charge in [-0.3, -0.25) is 14.4 Å². The van der Waals surface area contributed by atoms with E-state index in [2.05, 4.69) is 11.7 Å². The van der Waals surface area contributed by atoms with Crippen molar-refractivity contribution in [3.8, 4) is 0 Å². The largest absolute Gasteiger partial charge is 0.481 e. The van der Waals surface area contributed by atoms with Crippen LogP contribution in [0, 0.1) is 0 Å². The van der Waals surface area contributed by atoms with Crippen molar-refractivity contribution >= 4 is 23.9 Å². The van der Waals surface area contributed by atoms with Gasteiger partial charge in [0.15, 0.2) is 5.60 Å². The number of rotatable bonds is 20. The van der Waals surface area contributed by atoms with Gasteiger partial charge in [0.1, 0.15) is 12.7 Å². The second-order valence-corrected chi connectivity index (χ2v) is 8.28. The highest BCUT2D eigenvalue weighted by Crippen LogP contribution is 2.17. The third-order valence-electron chi connectivity index (χ3n) is 4.92. The normalized spacial score (nSPS) is 13.2. The number of ether oxygens (including phenoxy) is 1. The molecule has 2 unspecified atom stereocenters. The summed E-state index contributed by atoms with van der Waals surface area (Å²) in [4.78, 5) is 42.4. The summed E-state index contributed by atoms with van der Waals surface area (Å²) in [5.74, 6) is -5.32. The number of aliphatic carboxylic acids is 3. The number of carbonyl (C=O) groups is 4. The molecule has 2 atom stereocenters. The van der Waals surface area contributed by atoms with Crippen LogP contribution < -0.4 is 0 Å². The van der Waals surface area contributed by atoms with Crippen LogP contribution in [0.15, 0.2) is 0 Å². The zero-order valence-electron chi connectivity index (χ0n) is 20.1. The van der Waals surface area contributed by atoms with Gasteiger partial charge in [0.2, 0.25) is 0 Å². The molecule has 0 amide bonds. The Labute approximate surface area is 200 Å². The number of carboxylic acids is 3. The summed E-state index contributed by atoms with van der Waals surface area (Å²) in [6, 6.07) is 0. The summed E-state index contributed by atoms with van der Waals surface area (Å²) < 4.78 is 4.36. The second kappa shape index (κ2) is 21.3. The Balaban J connectivity index is 0. The van der Waals surface area contributed by atoms with Gasteiger partial charge in [-0.15, -0.1) is 0 Å². The Bertz CT molecular complexity index is 579. The summed E-state index contributed by atoms with van der Waals surface area (Å²) in [7, 11) is 0. The van der Waals surface area contributed by atoms with Crippen molar-refractivity contribution in [3.63, 3.8) is 0 Å². The minimum Gasteiger partial charge on any atom is -0.481 e. The highest BCUT2D eigenvalue weighted by atomic mass is 16.5. The molecule has 0 aliphatic rings. The van der Waals surface area contributed by atoms with Gasteiger partial charge in [0.05, 0.1) is 19.4 Å². The summed E-state index contributed by atoms with van der Waals surface area (Å²) in [6.45, 7) is 1.00. The first-order valence-corrected chi connectivity index (χ1v) is 11.8. The lowest BCUT2D eigenvalue weighted by Crippen LogP contribution is -2.43. The van der Waals surface area contributed by atoms with Crippen LogP contribution in [-0.2, 0) is 23.9 Å². The van der Waals surface area contributed by atoms with E-state index < -0.39 is 61.6 Å². The molecule has 0 bridgehead atoms. The van der Waals surface area contributed by atoms with E-state index in [1.807, 2.05) is 0 Å². The van der Waals surface area contributed by atoms with E-state index in [1.165, 1.54) is 57.8 Å². The van der Waals surface area contributed by atoms with Gasteiger partial charge in [-0.25, -0.2) is 4.79 Å². The van der Waals surface area contributed by atoms with Gasteiger partial charge in [0, 0.05) is 6.42 Å². The molecule has 6 N–H and O–H groups in total. The Morgan fingerprint density at radius 1 is 0.765 bits per heavy atom. The number of esters is 1. The molecular weight excluding hydrogens is 452 g/mol. The van der Waals surface area contributed by atoms with Crippen LogP contribution in [0.4, 0.5) is 0 Å². The van der Waals surface area contributed by atoms with Crippen molar-refractivity contribution in [2.75, 3.05) is 13.2 Å². The lowest BCUT2D eigenvalue weighted by atomic mass is 9.96. The van der Waals surface area contributed by atoms with E-state index >= 15 is 0 Å². The molecule has 0 aromatic carbocycles. The minimum atomic E-state index is -2.77. The maximum atomic E-state index is 11.1. The van der Waals surface area contributed by atoms with Gasteiger partial charge in [-0.05, 0) is 6.42 Å². The first-order chi connectivity index (χ1) is 16.0. The molecule has 0 saturated heterocycles. The highest BCUT2D eigenvalue weighted by Gasteiger charge is 2.41. The van der Waals surface area contributed by atoms with Crippen LogP contribution in [-0.4, -0.2) is 79.4 Å². The third kappa shape index (κ3) is 21.6. The van der Waals surface area contributed by atoms with Gasteiger partial charge < -0.3 is 35.4 Å². The average molecular weight is 495 g/mol. The molecule has 0 aromatic heterocycles. The summed E-state index contributed by atoms with van der Waals surface area (Å²) in [6.07, 6.45) is 10.8. The van der Waals surface area contributed by atoms with Gasteiger partial charge in [-0.1, -0.05) is 71.1 Å². The minimum absolute atomic E-state index is 0.344. The molecule has 0 aromatic rings. The molecule has 0 aliphatic heterocycles. The summed E-state index contributed by atoms with van der Waals surface area (Å²) >= 11 is 0. The fourth-order valence-corrected chi connectivity index (χ4v) is 2.94. The van der Waals surface area contributed by atoms with Crippen molar-refractivity contribution in [2.45, 2.75) is 109 Å². The molecule has 0 heterocycles.